The molecule has 9 heteroatoms. The predicted molar refractivity (Wildman–Crippen MR) is 161 cm³/mol. The van der Waals surface area contributed by atoms with Crippen LogP contribution in [0.5, 0.6) is 0 Å². The number of pyridine rings is 1. The van der Waals surface area contributed by atoms with Gasteiger partial charge in [-0.3, -0.25) is 19.9 Å². The number of aromatic nitrogens is 1. The highest BCUT2D eigenvalue weighted by atomic mass is 16.5. The molecule has 9 nitrogen and oxygen atoms in total. The molecule has 1 aromatic heterocycles. The molecule has 0 atom stereocenters. The number of benzene rings is 3. The lowest BCUT2D eigenvalue weighted by Crippen LogP contribution is -2.47. The van der Waals surface area contributed by atoms with E-state index in [9.17, 15) is 14.4 Å². The third-order valence-corrected chi connectivity index (χ3v) is 7.44. The van der Waals surface area contributed by atoms with Crippen LogP contribution in [0.4, 0.5) is 10.5 Å². The summed E-state index contributed by atoms with van der Waals surface area (Å²) in [7, 11) is 1.27. The van der Waals surface area contributed by atoms with E-state index < -0.39 is 12.0 Å². The number of carbonyl (C=O) groups excluding carboxylic acids is 3. The molecule has 42 heavy (non-hydrogen) atoms. The summed E-state index contributed by atoms with van der Waals surface area (Å²) >= 11 is 0. The van der Waals surface area contributed by atoms with Crippen molar-refractivity contribution in [3.05, 3.63) is 96.1 Å². The van der Waals surface area contributed by atoms with Crippen LogP contribution in [0.2, 0.25) is 0 Å². The maximum Gasteiger partial charge on any atom is 0.433 e. The van der Waals surface area contributed by atoms with Crippen LogP contribution in [0, 0.1) is 5.92 Å². The van der Waals surface area contributed by atoms with Crippen molar-refractivity contribution in [2.24, 2.45) is 5.92 Å². The van der Waals surface area contributed by atoms with Crippen molar-refractivity contribution in [3.8, 4) is 11.3 Å². The van der Waals surface area contributed by atoms with E-state index in [-0.39, 0.29) is 11.9 Å². The molecular formula is C33H34N4O5. The van der Waals surface area contributed by atoms with E-state index in [0.717, 1.165) is 16.1 Å². The standard InChI is InChI=1S/C33H34N4O5/c1-3-42-32(39)24-18-20-36(21-19-24)22-27-29(31(38)35-37(33(40)41-2)25-14-8-5-9-15-25)26-16-10-11-17-28(26)34-30(27)23-12-6-4-7-13-23/h4-17,24H,3,18-22H2,1-2H3,(H,35,38). The molecule has 0 unspecified atom stereocenters. The van der Waals surface area contributed by atoms with Gasteiger partial charge in [0.25, 0.3) is 5.91 Å². The average molecular weight is 567 g/mol. The van der Waals surface area contributed by atoms with Crippen LogP contribution in [0.3, 0.4) is 0 Å². The summed E-state index contributed by atoms with van der Waals surface area (Å²) in [4.78, 5) is 46.7. The second-order valence-corrected chi connectivity index (χ2v) is 10.1. The molecule has 5 rings (SSSR count). The Hall–Kier alpha value is -4.76. The zero-order valence-electron chi connectivity index (χ0n) is 23.8. The number of hydrazine groups is 1. The fraction of sp³-hybridized carbons (Fsp3) is 0.273. The Labute approximate surface area is 245 Å². The van der Waals surface area contributed by atoms with Gasteiger partial charge in [0.2, 0.25) is 0 Å². The number of nitrogens with zero attached hydrogens (tertiary/aromatic N) is 3. The lowest BCUT2D eigenvalue weighted by Gasteiger charge is -2.32. The molecule has 0 spiro atoms. The number of nitrogens with one attached hydrogen (secondary N) is 1. The van der Waals surface area contributed by atoms with Gasteiger partial charge in [-0.05, 0) is 51.1 Å². The van der Waals surface area contributed by atoms with Crippen LogP contribution in [0.25, 0.3) is 22.2 Å². The summed E-state index contributed by atoms with van der Waals surface area (Å²) < 4.78 is 10.2. The fourth-order valence-corrected chi connectivity index (χ4v) is 5.35. The molecule has 1 fully saturated rings. The highest BCUT2D eigenvalue weighted by Crippen LogP contribution is 2.33. The molecular weight excluding hydrogens is 532 g/mol. The summed E-state index contributed by atoms with van der Waals surface area (Å²) in [5.41, 5.74) is 6.66. The molecule has 0 saturated carbocycles. The van der Waals surface area contributed by atoms with Crippen LogP contribution in [-0.2, 0) is 20.8 Å². The van der Waals surface area contributed by atoms with Crippen molar-refractivity contribution >= 4 is 34.6 Å². The van der Waals surface area contributed by atoms with Gasteiger partial charge in [-0.15, -0.1) is 0 Å². The Morgan fingerprint density at radius 1 is 0.929 bits per heavy atom. The summed E-state index contributed by atoms with van der Waals surface area (Å²) in [6.45, 7) is 3.96. The lowest BCUT2D eigenvalue weighted by molar-refractivity contribution is -0.149. The van der Waals surface area contributed by atoms with Crippen LogP contribution in [0.15, 0.2) is 84.9 Å². The Bertz CT molecular complexity index is 1550. The van der Waals surface area contributed by atoms with E-state index in [1.807, 2.05) is 67.6 Å². The number of piperidine rings is 1. The number of carbonyl (C=O) groups is 3. The minimum absolute atomic E-state index is 0.133. The van der Waals surface area contributed by atoms with E-state index in [2.05, 4.69) is 10.3 Å². The summed E-state index contributed by atoms with van der Waals surface area (Å²) in [6, 6.07) is 26.1. The van der Waals surface area contributed by atoms with Crippen molar-refractivity contribution in [1.29, 1.82) is 0 Å². The normalized spacial score (nSPS) is 13.9. The summed E-state index contributed by atoms with van der Waals surface area (Å²) in [5.74, 6) is -0.749. The van der Waals surface area contributed by atoms with E-state index >= 15 is 0 Å². The van der Waals surface area contributed by atoms with Crippen LogP contribution in [-0.4, -0.2) is 54.7 Å². The maximum absolute atomic E-state index is 14.3. The zero-order chi connectivity index (χ0) is 29.5. The second kappa shape index (κ2) is 13.3. The van der Waals surface area contributed by atoms with Gasteiger partial charge in [-0.25, -0.2) is 9.78 Å². The van der Waals surface area contributed by atoms with Gasteiger partial charge in [0, 0.05) is 23.1 Å². The number of para-hydroxylation sites is 2. The Kier molecular flexibility index (Phi) is 9.08. The smallest absolute Gasteiger partial charge is 0.433 e. The molecule has 1 saturated heterocycles. The SMILES string of the molecule is CCOC(=O)C1CCN(Cc2c(-c3ccccc3)nc3ccccc3c2C(=O)NN(C(=O)OC)c2ccccc2)CC1. The van der Waals surface area contributed by atoms with Gasteiger partial charge in [0.15, 0.2) is 0 Å². The van der Waals surface area contributed by atoms with E-state index in [0.29, 0.717) is 66.9 Å². The minimum atomic E-state index is -0.723. The number of fused-ring (bicyclic) bond motifs is 1. The van der Waals surface area contributed by atoms with E-state index in [4.69, 9.17) is 14.5 Å². The van der Waals surface area contributed by atoms with Gasteiger partial charge >= 0.3 is 12.1 Å². The molecule has 0 radical (unpaired) electrons. The van der Waals surface area contributed by atoms with Crippen LogP contribution in [0.1, 0.15) is 35.7 Å². The number of methoxy groups -OCH3 is 1. The van der Waals surface area contributed by atoms with Crippen molar-refractivity contribution in [2.45, 2.75) is 26.3 Å². The lowest BCUT2D eigenvalue weighted by atomic mass is 9.93. The molecule has 2 heterocycles. The molecule has 1 N–H and O–H groups in total. The third kappa shape index (κ3) is 6.26. The predicted octanol–water partition coefficient (Wildman–Crippen LogP) is 5.59. The number of ether oxygens (including phenoxy) is 2. The van der Waals surface area contributed by atoms with Gasteiger partial charge in [-0.2, -0.15) is 5.01 Å². The molecule has 4 aromatic rings. The first-order chi connectivity index (χ1) is 20.5. The first-order valence-corrected chi connectivity index (χ1v) is 14.1. The number of anilines is 1. The number of amides is 2. The molecule has 1 aliphatic rings. The highest BCUT2D eigenvalue weighted by molar-refractivity contribution is 6.10. The summed E-state index contributed by atoms with van der Waals surface area (Å²) in [5, 5.41) is 1.78. The molecule has 0 bridgehead atoms. The first-order valence-electron chi connectivity index (χ1n) is 14.1. The molecule has 0 aliphatic carbocycles. The number of likely N-dealkylation sites (tertiary alicyclic amines) is 1. The maximum atomic E-state index is 14.3. The van der Waals surface area contributed by atoms with Gasteiger partial charge in [0.1, 0.15) is 0 Å². The Morgan fingerprint density at radius 3 is 2.24 bits per heavy atom. The van der Waals surface area contributed by atoms with Crippen LogP contribution >= 0.6 is 0 Å². The minimum Gasteiger partial charge on any atom is -0.466 e. The largest absolute Gasteiger partial charge is 0.466 e. The number of esters is 1. The molecule has 3 aromatic carbocycles. The topological polar surface area (TPSA) is 101 Å². The van der Waals surface area contributed by atoms with Gasteiger partial charge in [0.05, 0.1) is 42.1 Å². The number of hydrogen-bond acceptors (Lipinski definition) is 7. The summed E-state index contributed by atoms with van der Waals surface area (Å²) in [6.07, 6.45) is 0.622. The van der Waals surface area contributed by atoms with Crippen molar-refractivity contribution < 1.29 is 23.9 Å². The molecule has 216 valence electrons. The Morgan fingerprint density at radius 2 is 1.57 bits per heavy atom. The second-order valence-electron chi connectivity index (χ2n) is 10.1. The fourth-order valence-electron chi connectivity index (χ4n) is 5.35. The zero-order valence-corrected chi connectivity index (χ0v) is 23.8. The Balaban J connectivity index is 1.58. The number of rotatable bonds is 7. The molecule has 2 amide bonds. The average Bonchev–Trinajstić information content (AvgIpc) is 3.04. The van der Waals surface area contributed by atoms with E-state index in [1.54, 1.807) is 24.3 Å². The van der Waals surface area contributed by atoms with Crippen molar-refractivity contribution in [1.82, 2.24) is 15.3 Å². The number of hydrogen-bond donors (Lipinski definition) is 1. The van der Waals surface area contributed by atoms with Crippen molar-refractivity contribution in [3.63, 3.8) is 0 Å². The first kappa shape index (κ1) is 28.8. The van der Waals surface area contributed by atoms with Crippen LogP contribution < -0.4 is 10.4 Å². The van der Waals surface area contributed by atoms with Gasteiger partial charge in [-0.1, -0.05) is 66.7 Å². The highest BCUT2D eigenvalue weighted by Gasteiger charge is 2.30. The third-order valence-electron chi connectivity index (χ3n) is 7.44. The molecule has 1 aliphatic heterocycles. The van der Waals surface area contributed by atoms with E-state index in [1.165, 1.54) is 7.11 Å². The monoisotopic (exact) mass is 566 g/mol. The van der Waals surface area contributed by atoms with Crippen molar-refractivity contribution in [2.75, 3.05) is 31.8 Å². The van der Waals surface area contributed by atoms with Gasteiger partial charge < -0.3 is 9.47 Å². The quantitative estimate of drug-likeness (QED) is 0.230.